The summed E-state index contributed by atoms with van der Waals surface area (Å²) in [5.41, 5.74) is 0. The van der Waals surface area contributed by atoms with Crippen LogP contribution in [0.2, 0.25) is 0 Å². The number of hydrogen-bond donors (Lipinski definition) is 2. The van der Waals surface area contributed by atoms with Crippen LogP contribution >= 0.6 is 0 Å². The van der Waals surface area contributed by atoms with Gasteiger partial charge in [-0.3, -0.25) is 9.59 Å². The molecule has 2 heterocycles. The van der Waals surface area contributed by atoms with Crippen LogP contribution in [0.5, 0.6) is 0 Å². The van der Waals surface area contributed by atoms with E-state index in [1.807, 2.05) is 4.90 Å². The van der Waals surface area contributed by atoms with Gasteiger partial charge in [-0.15, -0.1) is 0 Å². The van der Waals surface area contributed by atoms with Gasteiger partial charge in [-0.2, -0.15) is 0 Å². The van der Waals surface area contributed by atoms with Gasteiger partial charge in [-0.1, -0.05) is 20.8 Å². The predicted octanol–water partition coefficient (Wildman–Crippen LogP) is 2.17. The third-order valence-corrected chi connectivity index (χ3v) is 5.44. The lowest BCUT2D eigenvalue weighted by molar-refractivity contribution is -0.133. The van der Waals surface area contributed by atoms with E-state index in [9.17, 15) is 9.59 Å². The van der Waals surface area contributed by atoms with Gasteiger partial charge in [0.2, 0.25) is 11.8 Å². The van der Waals surface area contributed by atoms with Crippen LogP contribution in [0.4, 0.5) is 0 Å². The fourth-order valence-electron chi connectivity index (χ4n) is 3.86. The number of carbonyl (C=O) groups excluding carboxylic acids is 2. The summed E-state index contributed by atoms with van der Waals surface area (Å²) in [6.07, 6.45) is 5.48. The SMILES string of the molecule is CC(C)CC(=O)N1CCC(NC(=O)CC(C)C2CCCNC2)CC1. The van der Waals surface area contributed by atoms with E-state index in [2.05, 4.69) is 31.4 Å². The number of carbonyl (C=O) groups is 2. The minimum Gasteiger partial charge on any atom is -0.353 e. The van der Waals surface area contributed by atoms with Gasteiger partial charge in [0.15, 0.2) is 0 Å². The highest BCUT2D eigenvalue weighted by Crippen LogP contribution is 2.22. The van der Waals surface area contributed by atoms with Crippen molar-refractivity contribution in [1.82, 2.24) is 15.5 Å². The third kappa shape index (κ3) is 6.08. The average Bonchev–Trinajstić information content (AvgIpc) is 2.55. The maximum atomic E-state index is 12.3. The van der Waals surface area contributed by atoms with Crippen molar-refractivity contribution in [2.45, 2.75) is 65.3 Å². The molecule has 2 rings (SSSR count). The number of amides is 2. The Bertz CT molecular complexity index is 411. The second-order valence-corrected chi connectivity index (χ2v) is 8.11. The Hall–Kier alpha value is -1.10. The van der Waals surface area contributed by atoms with Crippen LogP contribution in [0.25, 0.3) is 0 Å². The molecule has 138 valence electrons. The van der Waals surface area contributed by atoms with Gasteiger partial charge in [0.05, 0.1) is 0 Å². The zero-order valence-corrected chi connectivity index (χ0v) is 15.6. The molecule has 5 heteroatoms. The number of nitrogens with zero attached hydrogens (tertiary/aromatic N) is 1. The van der Waals surface area contributed by atoms with Crippen molar-refractivity contribution in [3.05, 3.63) is 0 Å². The van der Waals surface area contributed by atoms with E-state index in [1.165, 1.54) is 12.8 Å². The summed E-state index contributed by atoms with van der Waals surface area (Å²) in [7, 11) is 0. The maximum Gasteiger partial charge on any atom is 0.222 e. The summed E-state index contributed by atoms with van der Waals surface area (Å²) >= 11 is 0. The summed E-state index contributed by atoms with van der Waals surface area (Å²) in [5, 5.41) is 6.62. The van der Waals surface area contributed by atoms with E-state index in [-0.39, 0.29) is 17.9 Å². The standard InChI is InChI=1S/C19H35N3O2/c1-14(2)11-19(24)22-9-6-17(7-10-22)21-18(23)12-15(3)16-5-4-8-20-13-16/h14-17,20H,4-13H2,1-3H3,(H,21,23). The lowest BCUT2D eigenvalue weighted by Gasteiger charge is -2.33. The monoisotopic (exact) mass is 337 g/mol. The van der Waals surface area contributed by atoms with Crippen LogP contribution in [0.1, 0.15) is 59.3 Å². The third-order valence-electron chi connectivity index (χ3n) is 5.44. The molecule has 0 aromatic rings. The summed E-state index contributed by atoms with van der Waals surface area (Å²) < 4.78 is 0. The quantitative estimate of drug-likeness (QED) is 0.781. The number of rotatable bonds is 6. The molecule has 2 atom stereocenters. The second-order valence-electron chi connectivity index (χ2n) is 8.11. The molecule has 0 radical (unpaired) electrons. The van der Waals surface area contributed by atoms with Crippen LogP contribution in [0.3, 0.4) is 0 Å². The molecular weight excluding hydrogens is 302 g/mol. The Balaban J connectivity index is 1.67. The van der Waals surface area contributed by atoms with Gasteiger partial charge >= 0.3 is 0 Å². The smallest absolute Gasteiger partial charge is 0.222 e. The van der Waals surface area contributed by atoms with Crippen LogP contribution in [-0.4, -0.2) is 48.9 Å². The molecule has 2 aliphatic heterocycles. The summed E-state index contributed by atoms with van der Waals surface area (Å²) in [6.45, 7) is 10.1. The van der Waals surface area contributed by atoms with E-state index < -0.39 is 0 Å². The van der Waals surface area contributed by atoms with Gasteiger partial charge < -0.3 is 15.5 Å². The predicted molar refractivity (Wildman–Crippen MR) is 96.6 cm³/mol. The van der Waals surface area contributed by atoms with Crippen molar-refractivity contribution in [2.24, 2.45) is 17.8 Å². The van der Waals surface area contributed by atoms with E-state index >= 15 is 0 Å². The minimum absolute atomic E-state index is 0.181. The van der Waals surface area contributed by atoms with Crippen molar-refractivity contribution in [1.29, 1.82) is 0 Å². The van der Waals surface area contributed by atoms with Crippen molar-refractivity contribution in [3.8, 4) is 0 Å². The van der Waals surface area contributed by atoms with Crippen molar-refractivity contribution < 1.29 is 9.59 Å². The first kappa shape index (κ1) is 19.2. The molecule has 2 N–H and O–H groups in total. The molecule has 2 saturated heterocycles. The summed E-state index contributed by atoms with van der Waals surface area (Å²) in [6, 6.07) is 0.234. The number of nitrogens with one attached hydrogen (secondary N) is 2. The Kier molecular flexibility index (Phi) is 7.53. The highest BCUT2D eigenvalue weighted by molar-refractivity contribution is 5.77. The first-order chi connectivity index (χ1) is 11.5. The zero-order chi connectivity index (χ0) is 17.5. The van der Waals surface area contributed by atoms with Crippen LogP contribution < -0.4 is 10.6 Å². The molecule has 0 aromatic heterocycles. The van der Waals surface area contributed by atoms with Crippen LogP contribution in [0, 0.1) is 17.8 Å². The molecule has 0 bridgehead atoms. The molecular formula is C19H35N3O2. The number of likely N-dealkylation sites (tertiary alicyclic amines) is 1. The Morgan fingerprint density at radius 3 is 2.42 bits per heavy atom. The molecule has 2 unspecified atom stereocenters. The molecule has 0 spiro atoms. The van der Waals surface area contributed by atoms with E-state index in [1.54, 1.807) is 0 Å². The molecule has 0 aromatic carbocycles. The lowest BCUT2D eigenvalue weighted by atomic mass is 9.85. The Morgan fingerprint density at radius 1 is 1.12 bits per heavy atom. The minimum atomic E-state index is 0.181. The van der Waals surface area contributed by atoms with Gasteiger partial charge in [0.1, 0.15) is 0 Å². The van der Waals surface area contributed by atoms with E-state index in [0.717, 1.165) is 39.0 Å². The van der Waals surface area contributed by atoms with Crippen LogP contribution in [0.15, 0.2) is 0 Å². The summed E-state index contributed by atoms with van der Waals surface area (Å²) in [5.74, 6) is 1.91. The van der Waals surface area contributed by atoms with Crippen molar-refractivity contribution in [2.75, 3.05) is 26.2 Å². The average molecular weight is 338 g/mol. The highest BCUT2D eigenvalue weighted by Gasteiger charge is 2.26. The topological polar surface area (TPSA) is 61.4 Å². The highest BCUT2D eigenvalue weighted by atomic mass is 16.2. The van der Waals surface area contributed by atoms with E-state index in [4.69, 9.17) is 0 Å². The van der Waals surface area contributed by atoms with E-state index in [0.29, 0.717) is 30.6 Å². The van der Waals surface area contributed by atoms with Gasteiger partial charge in [-0.05, 0) is 56.5 Å². The molecule has 24 heavy (non-hydrogen) atoms. The molecule has 2 fully saturated rings. The summed E-state index contributed by atoms with van der Waals surface area (Å²) in [4.78, 5) is 26.4. The Morgan fingerprint density at radius 2 is 1.83 bits per heavy atom. The molecule has 0 saturated carbocycles. The molecule has 0 aliphatic carbocycles. The van der Waals surface area contributed by atoms with Gasteiger partial charge in [0, 0.05) is 32.0 Å². The fraction of sp³-hybridized carbons (Fsp3) is 0.895. The second kappa shape index (κ2) is 9.40. The first-order valence-electron chi connectivity index (χ1n) is 9.73. The normalized spacial score (nSPS) is 24.0. The molecule has 2 aliphatic rings. The fourth-order valence-corrected chi connectivity index (χ4v) is 3.86. The number of piperidine rings is 2. The molecule has 2 amide bonds. The molecule has 5 nitrogen and oxygen atoms in total. The first-order valence-corrected chi connectivity index (χ1v) is 9.73. The lowest BCUT2D eigenvalue weighted by Crippen LogP contribution is -2.47. The number of hydrogen-bond acceptors (Lipinski definition) is 3. The van der Waals surface area contributed by atoms with Crippen molar-refractivity contribution in [3.63, 3.8) is 0 Å². The van der Waals surface area contributed by atoms with Gasteiger partial charge in [-0.25, -0.2) is 0 Å². The Labute approximate surface area is 146 Å². The van der Waals surface area contributed by atoms with Crippen LogP contribution in [-0.2, 0) is 9.59 Å². The zero-order valence-electron chi connectivity index (χ0n) is 15.6. The van der Waals surface area contributed by atoms with Crippen molar-refractivity contribution >= 4 is 11.8 Å². The largest absolute Gasteiger partial charge is 0.353 e. The van der Waals surface area contributed by atoms with Gasteiger partial charge in [0.25, 0.3) is 0 Å². The maximum absolute atomic E-state index is 12.3.